The Balaban J connectivity index is 1.07. The van der Waals surface area contributed by atoms with Crippen LogP contribution in [0, 0.1) is 18.8 Å². The van der Waals surface area contributed by atoms with Crippen molar-refractivity contribution in [1.29, 1.82) is 0 Å². The van der Waals surface area contributed by atoms with Gasteiger partial charge in [-0.1, -0.05) is 42.6 Å². The Morgan fingerprint density at radius 2 is 1.03 bits per heavy atom. The van der Waals surface area contributed by atoms with Crippen molar-refractivity contribution in [3.63, 3.8) is 0 Å². The predicted octanol–water partition coefficient (Wildman–Crippen LogP) is 8.47. The number of carbonyl (C=O) groups is 8. The number of hydrogen-bond donors (Lipinski definition) is 2. The van der Waals surface area contributed by atoms with Crippen LogP contribution >= 0.6 is 11.8 Å². The lowest BCUT2D eigenvalue weighted by Crippen LogP contribution is -2.61. The molecule has 2 amide bonds. The number of aryl methyl sites for hydroxylation is 1. The van der Waals surface area contributed by atoms with Gasteiger partial charge in [0.1, 0.15) is 11.2 Å². The maximum absolute atomic E-state index is 14.0. The summed E-state index contributed by atoms with van der Waals surface area (Å²) in [5.41, 5.74) is 0.558. The highest BCUT2D eigenvalue weighted by Crippen LogP contribution is 2.60. The molecule has 0 aliphatic heterocycles. The third-order valence-corrected chi connectivity index (χ3v) is 13.2. The van der Waals surface area contributed by atoms with E-state index in [-0.39, 0.29) is 62.5 Å². The normalized spacial score (nSPS) is 19.9. The van der Waals surface area contributed by atoms with Crippen LogP contribution in [0.15, 0.2) is 119 Å². The number of amides is 2. The minimum atomic E-state index is -0.944. The first kappa shape index (κ1) is 47.8. The Kier molecular flexibility index (Phi) is 14.1. The Bertz CT molecular complexity index is 2710. The van der Waals surface area contributed by atoms with Crippen LogP contribution in [0.5, 0.6) is 0 Å². The van der Waals surface area contributed by atoms with Gasteiger partial charge < -0.3 is 29.6 Å². The molecular formula is C52H50N2O12S. The summed E-state index contributed by atoms with van der Waals surface area (Å²) < 4.78 is 23.0. The number of hydrogen-bond acceptors (Lipinski definition) is 13. The minimum absolute atomic E-state index is 0.0332. The van der Waals surface area contributed by atoms with Gasteiger partial charge in [0.15, 0.2) is 24.8 Å². The second kappa shape index (κ2) is 19.8. The van der Waals surface area contributed by atoms with E-state index in [4.69, 9.17) is 18.9 Å². The molecule has 4 aromatic carbocycles. The molecule has 0 heterocycles. The molecule has 67 heavy (non-hydrogen) atoms. The fourth-order valence-corrected chi connectivity index (χ4v) is 10.2. The molecule has 4 bridgehead atoms. The summed E-state index contributed by atoms with van der Waals surface area (Å²) in [5.74, 6) is -4.54. The number of carbonyl (C=O) groups excluding carboxylic acids is 8. The van der Waals surface area contributed by atoms with Gasteiger partial charge in [-0.2, -0.15) is 0 Å². The molecule has 14 nitrogen and oxygen atoms in total. The van der Waals surface area contributed by atoms with E-state index in [1.807, 2.05) is 19.1 Å². The summed E-state index contributed by atoms with van der Waals surface area (Å²) in [6, 6.07) is 22.1. The highest BCUT2D eigenvalue weighted by Gasteiger charge is 2.61. The van der Waals surface area contributed by atoms with Gasteiger partial charge in [0.2, 0.25) is 0 Å². The Morgan fingerprint density at radius 1 is 0.597 bits per heavy atom. The molecule has 4 fully saturated rings. The molecule has 2 atom stereocenters. The van der Waals surface area contributed by atoms with Crippen LogP contribution in [0.1, 0.15) is 120 Å². The van der Waals surface area contributed by atoms with Crippen molar-refractivity contribution in [3.8, 4) is 0 Å². The van der Waals surface area contributed by atoms with Gasteiger partial charge in [0.05, 0.1) is 33.4 Å². The number of nitrogens with one attached hydrogen (secondary N) is 2. The first-order valence-electron chi connectivity index (χ1n) is 21.7. The van der Waals surface area contributed by atoms with Gasteiger partial charge in [0, 0.05) is 28.9 Å². The van der Waals surface area contributed by atoms with Crippen molar-refractivity contribution in [2.45, 2.75) is 80.3 Å². The Hall–Kier alpha value is -7.13. The van der Waals surface area contributed by atoms with Crippen LogP contribution in [0.2, 0.25) is 0 Å². The second-order valence-corrected chi connectivity index (χ2v) is 18.8. The number of benzene rings is 4. The standard InChI is InChI=1S/C52H50N2O12S/c1-29(2)43(55)26-63-49(61)39-17-15-37(20-41(39)45(57)53-6)67-38-16-18-40(50(62)64-27-44(56)30(3)4)42(21-38)46(58)54-36-13-11-35(12-14-36)48(60)66-52-24-32-19-33(25-52)23-51(22-32,28-52)65-47(59)34-9-7-31(5)8-10-34/h7-18,20-21,32-33H,1,3,19,22-28H2,2,4-6H3,(H,53,57)(H,54,58). The zero-order valence-corrected chi connectivity index (χ0v) is 38.4. The maximum Gasteiger partial charge on any atom is 0.339 e. The van der Waals surface area contributed by atoms with E-state index in [0.717, 1.165) is 36.6 Å². The van der Waals surface area contributed by atoms with Crippen LogP contribution in [0.25, 0.3) is 0 Å². The third kappa shape index (κ3) is 11.1. The van der Waals surface area contributed by atoms with Crippen LogP contribution in [0.4, 0.5) is 5.69 Å². The average Bonchev–Trinajstić information content (AvgIpc) is 3.28. The van der Waals surface area contributed by atoms with Crippen LogP contribution < -0.4 is 10.6 Å². The molecule has 0 aromatic heterocycles. The van der Waals surface area contributed by atoms with Gasteiger partial charge >= 0.3 is 23.9 Å². The molecule has 2 N–H and O–H groups in total. The first-order chi connectivity index (χ1) is 31.8. The van der Waals surface area contributed by atoms with Crippen molar-refractivity contribution in [2.75, 3.05) is 25.6 Å². The lowest BCUT2D eigenvalue weighted by Gasteiger charge is -2.60. The quantitative estimate of drug-likeness (QED) is 0.0582. The topological polar surface area (TPSA) is 198 Å². The monoisotopic (exact) mass is 926 g/mol. The number of anilines is 1. The van der Waals surface area contributed by atoms with Crippen molar-refractivity contribution >= 4 is 64.7 Å². The lowest BCUT2D eigenvalue weighted by molar-refractivity contribution is -0.200. The zero-order valence-electron chi connectivity index (χ0n) is 37.6. The number of ether oxygens (including phenoxy) is 4. The van der Waals surface area contributed by atoms with Gasteiger partial charge in [-0.05, 0) is 149 Å². The van der Waals surface area contributed by atoms with E-state index in [1.165, 1.54) is 69.4 Å². The molecule has 4 saturated carbocycles. The molecule has 346 valence electrons. The molecule has 0 saturated heterocycles. The summed E-state index contributed by atoms with van der Waals surface area (Å²) in [5, 5.41) is 5.25. The number of rotatable bonds is 17. The van der Waals surface area contributed by atoms with E-state index in [9.17, 15) is 38.4 Å². The summed E-state index contributed by atoms with van der Waals surface area (Å²) in [6.07, 6.45) is 4.25. The summed E-state index contributed by atoms with van der Waals surface area (Å²) in [4.78, 5) is 105. The summed E-state index contributed by atoms with van der Waals surface area (Å²) >= 11 is 1.11. The van der Waals surface area contributed by atoms with Crippen LogP contribution in [0.3, 0.4) is 0 Å². The molecular weight excluding hydrogens is 877 g/mol. The molecule has 4 aromatic rings. The van der Waals surface area contributed by atoms with E-state index in [0.29, 0.717) is 34.6 Å². The van der Waals surface area contributed by atoms with E-state index < -0.39 is 65.7 Å². The van der Waals surface area contributed by atoms with Gasteiger partial charge in [0.25, 0.3) is 11.8 Å². The Morgan fingerprint density at radius 3 is 1.46 bits per heavy atom. The SMILES string of the molecule is C=C(C)C(=O)COC(=O)c1ccc(Sc2ccc(C(=O)OCC(=O)C(=C)C)c(C(=O)Nc3ccc(C(=O)OC45CC6CC(CC(OC(=O)c7ccc(C)cc7)(C6)C4)C5)cc3)c2)cc1C(=O)NC. The maximum atomic E-state index is 14.0. The molecule has 15 heteroatoms. The largest absolute Gasteiger partial charge is 0.455 e. The highest BCUT2D eigenvalue weighted by atomic mass is 32.2. The number of esters is 4. The highest BCUT2D eigenvalue weighted by molar-refractivity contribution is 7.99. The second-order valence-electron chi connectivity index (χ2n) is 17.7. The van der Waals surface area contributed by atoms with Crippen molar-refractivity contribution < 1.29 is 57.3 Å². The smallest absolute Gasteiger partial charge is 0.339 e. The first-order valence-corrected chi connectivity index (χ1v) is 22.5. The van der Waals surface area contributed by atoms with Crippen LogP contribution in [-0.2, 0) is 28.5 Å². The van der Waals surface area contributed by atoms with E-state index in [2.05, 4.69) is 23.8 Å². The number of ketones is 2. The molecule has 0 spiro atoms. The number of Topliss-reactive ketones (excluding diaryl/α,β-unsaturated/α-hetero) is 2. The third-order valence-electron chi connectivity index (χ3n) is 12.2. The molecule has 2 unspecified atom stereocenters. The lowest BCUT2D eigenvalue weighted by atomic mass is 9.52. The van der Waals surface area contributed by atoms with Crippen molar-refractivity contribution in [3.05, 3.63) is 148 Å². The molecule has 0 radical (unpaired) electrons. The summed E-state index contributed by atoms with van der Waals surface area (Å²) in [7, 11) is 1.39. The average molecular weight is 927 g/mol. The molecule has 4 aliphatic carbocycles. The fourth-order valence-electron chi connectivity index (χ4n) is 9.26. The summed E-state index contributed by atoms with van der Waals surface area (Å²) in [6.45, 7) is 10.9. The minimum Gasteiger partial charge on any atom is -0.455 e. The fraction of sp³-hybridized carbons (Fsp3) is 0.308. The van der Waals surface area contributed by atoms with Crippen molar-refractivity contribution in [1.82, 2.24) is 5.32 Å². The Labute approximate surface area is 391 Å². The molecule has 8 rings (SSSR count). The van der Waals surface area contributed by atoms with E-state index >= 15 is 0 Å². The molecule has 4 aliphatic rings. The van der Waals surface area contributed by atoms with Crippen LogP contribution in [-0.4, -0.2) is 78.7 Å². The van der Waals surface area contributed by atoms with Gasteiger partial charge in [-0.15, -0.1) is 0 Å². The van der Waals surface area contributed by atoms with Crippen molar-refractivity contribution in [2.24, 2.45) is 11.8 Å². The predicted molar refractivity (Wildman–Crippen MR) is 247 cm³/mol. The zero-order chi connectivity index (χ0) is 48.2. The van der Waals surface area contributed by atoms with Gasteiger partial charge in [-0.3, -0.25) is 19.2 Å². The van der Waals surface area contributed by atoms with E-state index in [1.54, 1.807) is 24.3 Å². The van der Waals surface area contributed by atoms with Gasteiger partial charge in [-0.25, -0.2) is 19.2 Å².